The van der Waals surface area contributed by atoms with Gasteiger partial charge < -0.3 is 10.2 Å². The van der Waals surface area contributed by atoms with Gasteiger partial charge in [-0.1, -0.05) is 74.1 Å². The van der Waals surface area contributed by atoms with E-state index in [0.717, 1.165) is 44.9 Å². The van der Waals surface area contributed by atoms with Crippen LogP contribution in [0.25, 0.3) is 0 Å². The van der Waals surface area contributed by atoms with Gasteiger partial charge >= 0.3 is 5.97 Å². The summed E-state index contributed by atoms with van der Waals surface area (Å²) in [7, 11) is 0. The van der Waals surface area contributed by atoms with Gasteiger partial charge in [0.15, 0.2) is 0 Å². The van der Waals surface area contributed by atoms with Crippen LogP contribution in [0.3, 0.4) is 0 Å². The number of carbonyl (C=O) groups is 1. The molecule has 0 saturated carbocycles. The largest absolute Gasteiger partial charge is 0.481 e. The Morgan fingerprint density at radius 3 is 2.32 bits per heavy atom. The van der Waals surface area contributed by atoms with Crippen LogP contribution in [0.2, 0.25) is 0 Å². The highest BCUT2D eigenvalue weighted by Gasteiger charge is 1.96. The van der Waals surface area contributed by atoms with Crippen molar-refractivity contribution >= 4 is 5.97 Å². The molecule has 0 aromatic carbocycles. The zero-order valence-corrected chi connectivity index (χ0v) is 15.5. The van der Waals surface area contributed by atoms with Gasteiger partial charge in [-0.3, -0.25) is 4.79 Å². The second-order valence-corrected chi connectivity index (χ2v) is 5.90. The molecule has 0 bridgehead atoms. The van der Waals surface area contributed by atoms with E-state index in [1.54, 1.807) is 6.08 Å². The van der Waals surface area contributed by atoms with E-state index in [0.29, 0.717) is 6.42 Å². The number of aliphatic hydroxyl groups excluding tert-OH is 1. The van der Waals surface area contributed by atoms with E-state index < -0.39 is 12.1 Å². The normalized spacial score (nSPS) is 14.0. The molecule has 0 aliphatic rings. The molecule has 0 heterocycles. The zero-order valence-electron chi connectivity index (χ0n) is 15.5. The van der Waals surface area contributed by atoms with Crippen molar-refractivity contribution in [2.45, 2.75) is 70.8 Å². The van der Waals surface area contributed by atoms with E-state index in [2.05, 4.69) is 43.4 Å². The summed E-state index contributed by atoms with van der Waals surface area (Å²) in [5.74, 6) is -0.723. The van der Waals surface area contributed by atoms with Crippen LogP contribution in [0.15, 0.2) is 60.8 Å². The van der Waals surface area contributed by atoms with Gasteiger partial charge in [0.25, 0.3) is 0 Å². The maximum Gasteiger partial charge on any atom is 0.303 e. The van der Waals surface area contributed by atoms with Crippen molar-refractivity contribution in [2.24, 2.45) is 0 Å². The number of hydrogen-bond acceptors (Lipinski definition) is 2. The lowest BCUT2D eigenvalue weighted by Crippen LogP contribution is -1.98. The molecule has 2 N–H and O–H groups in total. The van der Waals surface area contributed by atoms with Crippen LogP contribution in [-0.2, 0) is 4.79 Å². The average Bonchev–Trinajstić information content (AvgIpc) is 2.58. The Balaban J connectivity index is 3.63. The Hall–Kier alpha value is -1.87. The summed E-state index contributed by atoms with van der Waals surface area (Å²) in [6.07, 6.45) is 27.4. The fraction of sp³-hybridized carbons (Fsp3) is 0.500. The Bertz CT molecular complexity index is 456. The van der Waals surface area contributed by atoms with Gasteiger partial charge in [0.1, 0.15) is 0 Å². The van der Waals surface area contributed by atoms with Gasteiger partial charge in [-0.25, -0.2) is 0 Å². The molecule has 25 heavy (non-hydrogen) atoms. The van der Waals surface area contributed by atoms with Gasteiger partial charge in [0, 0.05) is 6.42 Å². The Morgan fingerprint density at radius 2 is 1.60 bits per heavy atom. The predicted octanol–water partition coefficient (Wildman–Crippen LogP) is 5.74. The number of unbranched alkanes of at least 4 members (excludes halogenated alkanes) is 3. The minimum absolute atomic E-state index is 0.256. The first-order chi connectivity index (χ1) is 12.2. The molecule has 0 amide bonds. The molecule has 3 heteroatoms. The Labute approximate surface area is 153 Å². The third-order valence-electron chi connectivity index (χ3n) is 3.50. The first-order valence-corrected chi connectivity index (χ1v) is 9.35. The Kier molecular flexibility index (Phi) is 17.1. The lowest BCUT2D eigenvalue weighted by Gasteiger charge is -1.99. The lowest BCUT2D eigenvalue weighted by atomic mass is 10.1. The lowest BCUT2D eigenvalue weighted by molar-refractivity contribution is -0.137. The maximum absolute atomic E-state index is 10.4. The first kappa shape index (κ1) is 23.1. The minimum atomic E-state index is -0.723. The minimum Gasteiger partial charge on any atom is -0.481 e. The Morgan fingerprint density at radius 1 is 0.880 bits per heavy atom. The van der Waals surface area contributed by atoms with Crippen molar-refractivity contribution in [2.75, 3.05) is 0 Å². The second kappa shape index (κ2) is 18.5. The molecule has 0 spiro atoms. The third-order valence-corrected chi connectivity index (χ3v) is 3.50. The standard InChI is InChI=1S/C22H34O3/c1-2-3-4-5-6-7-8-9-12-15-18-21(23)19-16-13-10-11-14-17-20-22(24)25/h3-4,6-7,9,12-13,15-16,18,21,23H,2,5,8,10-11,14,17,19-20H2,1H3,(H,24,25)/b4-3-,7-6-,12-9-,16-13-,18-15+. The molecule has 0 rings (SSSR count). The van der Waals surface area contributed by atoms with Gasteiger partial charge in [0.05, 0.1) is 6.10 Å². The van der Waals surface area contributed by atoms with Crippen LogP contribution in [0.4, 0.5) is 0 Å². The van der Waals surface area contributed by atoms with Crippen molar-refractivity contribution in [3.63, 3.8) is 0 Å². The van der Waals surface area contributed by atoms with E-state index >= 15 is 0 Å². The third kappa shape index (κ3) is 20.1. The monoisotopic (exact) mass is 346 g/mol. The highest BCUT2D eigenvalue weighted by Crippen LogP contribution is 2.05. The average molecular weight is 347 g/mol. The number of carboxylic acids is 1. The molecule has 140 valence electrons. The molecule has 0 aromatic heterocycles. The molecule has 0 radical (unpaired) electrons. The fourth-order valence-corrected chi connectivity index (χ4v) is 2.11. The number of aliphatic carboxylic acids is 1. The van der Waals surface area contributed by atoms with Crippen LogP contribution >= 0.6 is 0 Å². The number of rotatable bonds is 15. The molecule has 0 aromatic rings. The van der Waals surface area contributed by atoms with Gasteiger partial charge in [-0.15, -0.1) is 0 Å². The molecule has 1 unspecified atom stereocenters. The second-order valence-electron chi connectivity index (χ2n) is 5.90. The zero-order chi connectivity index (χ0) is 18.6. The molecule has 1 atom stereocenters. The molecule has 0 aliphatic heterocycles. The van der Waals surface area contributed by atoms with E-state index in [9.17, 15) is 9.90 Å². The van der Waals surface area contributed by atoms with Crippen molar-refractivity contribution < 1.29 is 15.0 Å². The molecular weight excluding hydrogens is 312 g/mol. The number of aliphatic hydroxyl groups is 1. The molecular formula is C22H34O3. The van der Waals surface area contributed by atoms with Gasteiger partial charge in [-0.05, 0) is 44.9 Å². The SMILES string of the molecule is CC/C=C\C/C=C\C/C=C\C=C\C(O)C/C=C\CCCCCC(=O)O. The van der Waals surface area contributed by atoms with E-state index in [1.807, 2.05) is 18.2 Å². The van der Waals surface area contributed by atoms with E-state index in [1.165, 1.54) is 0 Å². The number of carboxylic acid groups (broad SMARTS) is 1. The molecule has 3 nitrogen and oxygen atoms in total. The van der Waals surface area contributed by atoms with Crippen LogP contribution in [0, 0.1) is 0 Å². The van der Waals surface area contributed by atoms with E-state index in [4.69, 9.17) is 5.11 Å². The summed E-state index contributed by atoms with van der Waals surface area (Å²) in [6, 6.07) is 0. The van der Waals surface area contributed by atoms with Crippen LogP contribution in [0.1, 0.15) is 64.7 Å². The molecule has 0 aliphatic carbocycles. The summed E-state index contributed by atoms with van der Waals surface area (Å²) in [6.45, 7) is 2.13. The smallest absolute Gasteiger partial charge is 0.303 e. The van der Waals surface area contributed by atoms with Gasteiger partial charge in [-0.2, -0.15) is 0 Å². The number of allylic oxidation sites excluding steroid dienone is 8. The summed E-state index contributed by atoms with van der Waals surface area (Å²) < 4.78 is 0. The highest BCUT2D eigenvalue weighted by molar-refractivity contribution is 5.66. The van der Waals surface area contributed by atoms with Crippen molar-refractivity contribution in [1.82, 2.24) is 0 Å². The van der Waals surface area contributed by atoms with Gasteiger partial charge in [0.2, 0.25) is 0 Å². The first-order valence-electron chi connectivity index (χ1n) is 9.35. The summed E-state index contributed by atoms with van der Waals surface area (Å²) in [5.41, 5.74) is 0. The topological polar surface area (TPSA) is 57.5 Å². The van der Waals surface area contributed by atoms with Crippen LogP contribution in [-0.4, -0.2) is 22.3 Å². The summed E-state index contributed by atoms with van der Waals surface area (Å²) >= 11 is 0. The summed E-state index contributed by atoms with van der Waals surface area (Å²) in [4.78, 5) is 10.4. The quantitative estimate of drug-likeness (QED) is 0.226. The van der Waals surface area contributed by atoms with Crippen molar-refractivity contribution in [3.05, 3.63) is 60.8 Å². The van der Waals surface area contributed by atoms with Crippen molar-refractivity contribution in [3.8, 4) is 0 Å². The van der Waals surface area contributed by atoms with Crippen LogP contribution in [0.5, 0.6) is 0 Å². The predicted molar refractivity (Wildman–Crippen MR) is 107 cm³/mol. The molecule has 0 fully saturated rings. The molecule has 0 saturated heterocycles. The fourth-order valence-electron chi connectivity index (χ4n) is 2.11. The van der Waals surface area contributed by atoms with E-state index in [-0.39, 0.29) is 6.42 Å². The van der Waals surface area contributed by atoms with Crippen molar-refractivity contribution in [1.29, 1.82) is 0 Å². The maximum atomic E-state index is 10.4. The highest BCUT2D eigenvalue weighted by atomic mass is 16.4. The van der Waals surface area contributed by atoms with Crippen LogP contribution < -0.4 is 0 Å². The number of hydrogen-bond donors (Lipinski definition) is 2. The summed E-state index contributed by atoms with van der Waals surface area (Å²) in [5, 5.41) is 18.3.